The van der Waals surface area contributed by atoms with Crippen LogP contribution in [0.15, 0.2) is 71.5 Å². The molecule has 0 spiro atoms. The number of carbonyl (C=O) groups is 2. The van der Waals surface area contributed by atoms with Crippen molar-refractivity contribution in [2.75, 3.05) is 12.0 Å². The molecule has 2 aromatic rings. The van der Waals surface area contributed by atoms with Crippen molar-refractivity contribution in [3.63, 3.8) is 0 Å². The highest BCUT2D eigenvalue weighted by atomic mass is 16.5. The fraction of sp³-hybridized carbons (Fsp3) is 0.280. The molecular formula is C25H23NO4. The molecule has 2 heterocycles. The molecule has 0 amide bonds. The molecule has 1 aliphatic carbocycles. The summed E-state index contributed by atoms with van der Waals surface area (Å²) in [7, 11) is 1.62. The van der Waals surface area contributed by atoms with Gasteiger partial charge in [0, 0.05) is 23.4 Å². The van der Waals surface area contributed by atoms with Crippen LogP contribution in [0.3, 0.4) is 0 Å². The Morgan fingerprint density at radius 2 is 1.77 bits per heavy atom. The van der Waals surface area contributed by atoms with Crippen molar-refractivity contribution in [3.8, 4) is 11.5 Å². The molecule has 0 bridgehead atoms. The Balaban J connectivity index is 1.71. The van der Waals surface area contributed by atoms with Crippen LogP contribution in [0.25, 0.3) is 0 Å². The molecule has 5 nitrogen and oxygen atoms in total. The summed E-state index contributed by atoms with van der Waals surface area (Å²) in [6.45, 7) is 4.20. The van der Waals surface area contributed by atoms with Gasteiger partial charge in [-0.1, -0.05) is 26.0 Å². The van der Waals surface area contributed by atoms with E-state index >= 15 is 0 Å². The SMILES string of the molecule is COc1ccc(N2C3=C(C=C4C(=O)c5ccccc5OC42)C(=O)CC(C)(C)C3)cc1. The molecule has 5 rings (SSSR count). The summed E-state index contributed by atoms with van der Waals surface area (Å²) in [6, 6.07) is 14.9. The first-order valence-electron chi connectivity index (χ1n) is 10.1. The van der Waals surface area contributed by atoms with E-state index in [1.165, 1.54) is 0 Å². The Morgan fingerprint density at radius 1 is 1.03 bits per heavy atom. The number of Topliss-reactive ketones (excluding diaryl/α,β-unsaturated/α-hetero) is 2. The number of hydrogen-bond donors (Lipinski definition) is 0. The monoisotopic (exact) mass is 401 g/mol. The standard InChI is InChI=1S/C25H23NO4/c1-25(2)13-20-18(21(27)14-25)12-19-23(28)17-6-4-5-7-22(17)30-24(19)26(20)15-8-10-16(29-3)11-9-15/h4-12,24H,13-14H2,1-3H3. The van der Waals surface area contributed by atoms with Crippen LogP contribution in [0.1, 0.15) is 37.0 Å². The quantitative estimate of drug-likeness (QED) is 0.731. The van der Waals surface area contributed by atoms with Gasteiger partial charge in [-0.05, 0) is 54.3 Å². The molecule has 1 unspecified atom stereocenters. The Hall–Kier alpha value is -3.34. The van der Waals surface area contributed by atoms with E-state index in [0.717, 1.165) is 23.6 Å². The van der Waals surface area contributed by atoms with E-state index in [2.05, 4.69) is 13.8 Å². The normalized spacial score (nSPS) is 21.9. The van der Waals surface area contributed by atoms with Gasteiger partial charge in [-0.2, -0.15) is 0 Å². The molecule has 30 heavy (non-hydrogen) atoms. The van der Waals surface area contributed by atoms with Crippen LogP contribution in [0.2, 0.25) is 0 Å². The third-order valence-electron chi connectivity index (χ3n) is 5.97. The summed E-state index contributed by atoms with van der Waals surface area (Å²) in [4.78, 5) is 28.4. The van der Waals surface area contributed by atoms with Crippen LogP contribution < -0.4 is 14.4 Å². The number of nitrogens with zero attached hydrogens (tertiary/aromatic N) is 1. The number of methoxy groups -OCH3 is 1. The van der Waals surface area contributed by atoms with Crippen molar-refractivity contribution in [1.29, 1.82) is 0 Å². The number of para-hydroxylation sites is 1. The average Bonchev–Trinajstić information content (AvgIpc) is 2.72. The maximum Gasteiger partial charge on any atom is 0.206 e. The zero-order valence-corrected chi connectivity index (χ0v) is 17.3. The lowest BCUT2D eigenvalue weighted by Crippen LogP contribution is -2.49. The largest absolute Gasteiger partial charge is 0.497 e. The fourth-order valence-corrected chi connectivity index (χ4v) is 4.55. The van der Waals surface area contributed by atoms with E-state index in [0.29, 0.717) is 28.9 Å². The Kier molecular flexibility index (Phi) is 4.10. The molecule has 0 saturated heterocycles. The summed E-state index contributed by atoms with van der Waals surface area (Å²) >= 11 is 0. The van der Waals surface area contributed by atoms with Crippen molar-refractivity contribution < 1.29 is 19.1 Å². The van der Waals surface area contributed by atoms with Crippen LogP contribution >= 0.6 is 0 Å². The Labute approximate surface area is 175 Å². The molecule has 0 aromatic heterocycles. The molecule has 2 aliphatic heterocycles. The lowest BCUT2D eigenvalue weighted by Gasteiger charge is -2.45. The molecule has 0 saturated carbocycles. The maximum atomic E-state index is 13.3. The molecule has 0 fully saturated rings. The van der Waals surface area contributed by atoms with Gasteiger partial charge in [0.15, 0.2) is 11.6 Å². The first-order chi connectivity index (χ1) is 14.4. The van der Waals surface area contributed by atoms with Gasteiger partial charge in [-0.3, -0.25) is 9.59 Å². The van der Waals surface area contributed by atoms with E-state index in [4.69, 9.17) is 9.47 Å². The second-order valence-corrected chi connectivity index (χ2v) is 8.76. The molecule has 152 valence electrons. The minimum Gasteiger partial charge on any atom is -0.497 e. The highest BCUT2D eigenvalue weighted by Crippen LogP contribution is 2.46. The third-order valence-corrected chi connectivity index (χ3v) is 5.97. The molecule has 1 atom stereocenters. The van der Waals surface area contributed by atoms with Crippen molar-refractivity contribution in [2.24, 2.45) is 5.41 Å². The zero-order chi connectivity index (χ0) is 21.0. The zero-order valence-electron chi connectivity index (χ0n) is 17.3. The number of hydrogen-bond acceptors (Lipinski definition) is 5. The maximum absolute atomic E-state index is 13.3. The number of ketones is 2. The van der Waals surface area contributed by atoms with E-state index in [1.54, 1.807) is 19.3 Å². The van der Waals surface area contributed by atoms with Gasteiger partial charge in [-0.15, -0.1) is 0 Å². The summed E-state index contributed by atoms with van der Waals surface area (Å²) in [6.07, 6.45) is 2.33. The van der Waals surface area contributed by atoms with Crippen LogP contribution in [-0.2, 0) is 4.79 Å². The Bertz CT molecular complexity index is 1120. The summed E-state index contributed by atoms with van der Waals surface area (Å²) < 4.78 is 11.6. The van der Waals surface area contributed by atoms with Gasteiger partial charge in [0.1, 0.15) is 11.5 Å². The highest BCUT2D eigenvalue weighted by Gasteiger charge is 2.45. The van der Waals surface area contributed by atoms with Gasteiger partial charge in [0.05, 0.1) is 18.2 Å². The second-order valence-electron chi connectivity index (χ2n) is 8.76. The fourth-order valence-electron chi connectivity index (χ4n) is 4.55. The van der Waals surface area contributed by atoms with E-state index in [-0.39, 0.29) is 17.0 Å². The predicted molar refractivity (Wildman–Crippen MR) is 114 cm³/mol. The third kappa shape index (κ3) is 2.84. The van der Waals surface area contributed by atoms with E-state index in [1.807, 2.05) is 47.4 Å². The first kappa shape index (κ1) is 18.7. The number of benzene rings is 2. The smallest absolute Gasteiger partial charge is 0.206 e. The van der Waals surface area contributed by atoms with Crippen molar-refractivity contribution >= 4 is 17.3 Å². The predicted octanol–water partition coefficient (Wildman–Crippen LogP) is 4.69. The van der Waals surface area contributed by atoms with Gasteiger partial charge in [-0.25, -0.2) is 0 Å². The lowest BCUT2D eigenvalue weighted by atomic mass is 9.73. The molecular weight excluding hydrogens is 378 g/mol. The van der Waals surface area contributed by atoms with Crippen molar-refractivity contribution in [1.82, 2.24) is 0 Å². The van der Waals surface area contributed by atoms with Crippen LogP contribution in [0.4, 0.5) is 5.69 Å². The molecule has 5 heteroatoms. The average molecular weight is 401 g/mol. The minimum atomic E-state index is -0.610. The summed E-state index contributed by atoms with van der Waals surface area (Å²) in [5.74, 6) is 1.28. The van der Waals surface area contributed by atoms with Crippen molar-refractivity contribution in [3.05, 3.63) is 77.0 Å². The Morgan fingerprint density at radius 3 is 2.50 bits per heavy atom. The number of carbonyl (C=O) groups excluding carboxylic acids is 2. The first-order valence-corrected chi connectivity index (χ1v) is 10.1. The van der Waals surface area contributed by atoms with E-state index in [9.17, 15) is 9.59 Å². The molecule has 2 aromatic carbocycles. The number of fused-ring (bicyclic) bond motifs is 2. The van der Waals surface area contributed by atoms with Gasteiger partial charge in [0.25, 0.3) is 0 Å². The number of ether oxygens (including phenoxy) is 2. The summed E-state index contributed by atoms with van der Waals surface area (Å²) in [5.41, 5.74) is 3.24. The molecule has 0 radical (unpaired) electrons. The number of allylic oxidation sites excluding steroid dienone is 3. The lowest BCUT2D eigenvalue weighted by molar-refractivity contribution is -0.117. The summed E-state index contributed by atoms with van der Waals surface area (Å²) in [5, 5.41) is 0. The number of anilines is 1. The van der Waals surface area contributed by atoms with Gasteiger partial charge >= 0.3 is 0 Å². The van der Waals surface area contributed by atoms with Gasteiger partial charge in [0.2, 0.25) is 6.23 Å². The van der Waals surface area contributed by atoms with Crippen LogP contribution in [-0.4, -0.2) is 24.9 Å². The molecule has 3 aliphatic rings. The van der Waals surface area contributed by atoms with Crippen LogP contribution in [0.5, 0.6) is 11.5 Å². The highest BCUT2D eigenvalue weighted by molar-refractivity contribution is 6.15. The second kappa shape index (κ2) is 6.59. The number of rotatable bonds is 2. The van der Waals surface area contributed by atoms with Gasteiger partial charge < -0.3 is 14.4 Å². The van der Waals surface area contributed by atoms with Crippen molar-refractivity contribution in [2.45, 2.75) is 32.9 Å². The van der Waals surface area contributed by atoms with E-state index < -0.39 is 6.23 Å². The molecule has 0 N–H and O–H groups in total. The minimum absolute atomic E-state index is 0.0670. The van der Waals surface area contributed by atoms with Crippen LogP contribution in [0, 0.1) is 5.41 Å². The topological polar surface area (TPSA) is 55.8 Å².